The van der Waals surface area contributed by atoms with Gasteiger partial charge in [0.05, 0.1) is 10.0 Å². The third kappa shape index (κ3) is 4.40. The molecule has 1 aliphatic rings. The molecule has 4 nitrogen and oxygen atoms in total. The average Bonchev–Trinajstić information content (AvgIpc) is 2.90. The normalized spacial score (nSPS) is 15.3. The average molecular weight is 421 g/mol. The van der Waals surface area contributed by atoms with Crippen LogP contribution in [0.5, 0.6) is 0 Å². The third-order valence-corrected chi connectivity index (χ3v) is 6.26. The minimum Gasteiger partial charge on any atom is -0.451 e. The maximum Gasteiger partial charge on any atom is 0.350 e. The van der Waals surface area contributed by atoms with Crippen LogP contribution in [0.1, 0.15) is 41.8 Å². The van der Waals surface area contributed by atoms with E-state index in [1.807, 2.05) is 0 Å². The summed E-state index contributed by atoms with van der Waals surface area (Å²) in [6.45, 7) is -0.325. The Hall–Kier alpha value is -1.01. The van der Waals surface area contributed by atoms with Crippen molar-refractivity contribution in [2.45, 2.75) is 38.1 Å². The number of nitrogens with one attached hydrogen (secondary N) is 1. The van der Waals surface area contributed by atoms with E-state index >= 15 is 0 Å². The molecule has 0 saturated heterocycles. The maximum atomic E-state index is 12.3. The minimum absolute atomic E-state index is 0.175. The van der Waals surface area contributed by atoms with Gasteiger partial charge in [0.25, 0.3) is 5.91 Å². The molecule has 1 aromatic carbocycles. The van der Waals surface area contributed by atoms with Gasteiger partial charge >= 0.3 is 5.97 Å². The predicted molar refractivity (Wildman–Crippen MR) is 102 cm³/mol. The van der Waals surface area contributed by atoms with Crippen LogP contribution >= 0.6 is 46.1 Å². The Labute approximate surface area is 164 Å². The van der Waals surface area contributed by atoms with Crippen LogP contribution in [-0.2, 0) is 9.53 Å². The Morgan fingerprint density at radius 2 is 1.88 bits per heavy atom. The number of hydrogen-bond donors (Lipinski definition) is 1. The van der Waals surface area contributed by atoms with Crippen molar-refractivity contribution >= 4 is 68.1 Å². The van der Waals surface area contributed by atoms with Crippen LogP contribution in [-0.4, -0.2) is 24.5 Å². The molecule has 25 heavy (non-hydrogen) atoms. The van der Waals surface area contributed by atoms with Crippen molar-refractivity contribution in [3.05, 3.63) is 32.1 Å². The van der Waals surface area contributed by atoms with Crippen LogP contribution in [0.25, 0.3) is 10.1 Å². The van der Waals surface area contributed by atoms with E-state index < -0.39 is 5.97 Å². The van der Waals surface area contributed by atoms with Crippen LogP contribution in [0.4, 0.5) is 0 Å². The topological polar surface area (TPSA) is 55.4 Å². The molecule has 1 aromatic heterocycles. The summed E-state index contributed by atoms with van der Waals surface area (Å²) < 4.78 is 5.81. The third-order valence-electron chi connectivity index (χ3n) is 4.14. The standard InChI is InChI=1S/C17H16Cl3NO3S/c18-9-6-11(19)14-12(7-9)25-16(15(14)20)17(23)24-8-13(22)21-10-4-2-1-3-5-10/h6-7,10H,1-5,8H2,(H,21,22). The molecular formula is C17H16Cl3NO3S. The number of hydrogen-bond acceptors (Lipinski definition) is 4. The van der Waals surface area contributed by atoms with Gasteiger partial charge in [-0.15, -0.1) is 11.3 Å². The number of ether oxygens (including phenoxy) is 1. The lowest BCUT2D eigenvalue weighted by Crippen LogP contribution is -2.38. The van der Waals surface area contributed by atoms with Crippen molar-refractivity contribution in [3.63, 3.8) is 0 Å². The Kier molecular flexibility index (Phi) is 6.10. The quantitative estimate of drug-likeness (QED) is 0.667. The molecule has 3 rings (SSSR count). The largest absolute Gasteiger partial charge is 0.451 e. The summed E-state index contributed by atoms with van der Waals surface area (Å²) in [5, 5.41) is 4.52. The van der Waals surface area contributed by atoms with Crippen LogP contribution in [0.15, 0.2) is 12.1 Å². The molecule has 0 spiro atoms. The summed E-state index contributed by atoms with van der Waals surface area (Å²) in [4.78, 5) is 24.4. The molecule has 0 bridgehead atoms. The second kappa shape index (κ2) is 8.12. The Bertz CT molecular complexity index is 815. The molecule has 0 atom stereocenters. The molecule has 1 amide bonds. The van der Waals surface area contributed by atoms with Crippen molar-refractivity contribution in [3.8, 4) is 0 Å². The lowest BCUT2D eigenvalue weighted by Gasteiger charge is -2.22. The number of thiophene rings is 1. The molecule has 1 fully saturated rings. The lowest BCUT2D eigenvalue weighted by molar-refractivity contribution is -0.125. The number of carbonyl (C=O) groups excluding carboxylic acids is 2. The van der Waals surface area contributed by atoms with E-state index in [1.165, 1.54) is 6.42 Å². The smallest absolute Gasteiger partial charge is 0.350 e. The fourth-order valence-corrected chi connectivity index (χ4v) is 5.22. The van der Waals surface area contributed by atoms with Crippen molar-refractivity contribution in [2.75, 3.05) is 6.61 Å². The number of fused-ring (bicyclic) bond motifs is 1. The monoisotopic (exact) mass is 419 g/mol. The summed E-state index contributed by atoms with van der Waals surface area (Å²) >= 11 is 19.5. The van der Waals surface area contributed by atoms with Crippen LogP contribution in [0.2, 0.25) is 15.1 Å². The number of carbonyl (C=O) groups is 2. The number of benzene rings is 1. The maximum absolute atomic E-state index is 12.3. The Balaban J connectivity index is 1.65. The van der Waals surface area contributed by atoms with E-state index in [-0.39, 0.29) is 28.5 Å². The molecule has 0 unspecified atom stereocenters. The van der Waals surface area contributed by atoms with Crippen LogP contribution < -0.4 is 5.32 Å². The highest BCUT2D eigenvalue weighted by molar-refractivity contribution is 7.21. The molecule has 8 heteroatoms. The first-order valence-electron chi connectivity index (χ1n) is 7.99. The fraction of sp³-hybridized carbons (Fsp3) is 0.412. The Morgan fingerprint density at radius 1 is 1.16 bits per heavy atom. The van der Waals surface area contributed by atoms with E-state index in [9.17, 15) is 9.59 Å². The van der Waals surface area contributed by atoms with Gasteiger partial charge in [0.2, 0.25) is 0 Å². The molecule has 0 aliphatic heterocycles. The summed E-state index contributed by atoms with van der Waals surface area (Å²) in [6.07, 6.45) is 5.39. The van der Waals surface area contributed by atoms with Gasteiger partial charge in [-0.1, -0.05) is 54.1 Å². The van der Waals surface area contributed by atoms with Crippen molar-refractivity contribution < 1.29 is 14.3 Å². The van der Waals surface area contributed by atoms with E-state index in [2.05, 4.69) is 5.32 Å². The van der Waals surface area contributed by atoms with Gasteiger partial charge in [-0.2, -0.15) is 0 Å². The van der Waals surface area contributed by atoms with Gasteiger partial charge < -0.3 is 10.1 Å². The zero-order valence-corrected chi connectivity index (χ0v) is 16.3. The molecular weight excluding hydrogens is 405 g/mol. The van der Waals surface area contributed by atoms with E-state index in [1.54, 1.807) is 12.1 Å². The molecule has 134 valence electrons. The van der Waals surface area contributed by atoms with Crippen LogP contribution in [0.3, 0.4) is 0 Å². The number of esters is 1. The number of rotatable bonds is 4. The molecule has 1 N–H and O–H groups in total. The fourth-order valence-electron chi connectivity index (χ4n) is 2.96. The van der Waals surface area contributed by atoms with E-state index in [0.717, 1.165) is 37.0 Å². The van der Waals surface area contributed by atoms with Crippen molar-refractivity contribution in [1.29, 1.82) is 0 Å². The van der Waals surface area contributed by atoms with Gasteiger partial charge in [-0.25, -0.2) is 4.79 Å². The summed E-state index contributed by atoms with van der Waals surface area (Å²) in [7, 11) is 0. The molecule has 0 radical (unpaired) electrons. The first kappa shape index (κ1) is 18.8. The molecule has 2 aromatic rings. The van der Waals surface area contributed by atoms with E-state index in [4.69, 9.17) is 39.5 Å². The van der Waals surface area contributed by atoms with Gasteiger partial charge in [0.1, 0.15) is 4.88 Å². The second-order valence-corrected chi connectivity index (χ2v) is 8.26. The molecule has 1 heterocycles. The van der Waals surface area contributed by atoms with Crippen LogP contribution in [0, 0.1) is 0 Å². The van der Waals surface area contributed by atoms with Crippen molar-refractivity contribution in [2.24, 2.45) is 0 Å². The highest BCUT2D eigenvalue weighted by atomic mass is 35.5. The zero-order chi connectivity index (χ0) is 18.0. The van der Waals surface area contributed by atoms with E-state index in [0.29, 0.717) is 20.1 Å². The summed E-state index contributed by atoms with van der Waals surface area (Å²) in [6, 6.07) is 3.43. The molecule has 1 aliphatic carbocycles. The van der Waals surface area contributed by atoms with Gasteiger partial charge in [-0.05, 0) is 25.0 Å². The first-order valence-corrected chi connectivity index (χ1v) is 9.94. The van der Waals surface area contributed by atoms with Gasteiger partial charge in [0, 0.05) is 21.2 Å². The van der Waals surface area contributed by atoms with Gasteiger partial charge in [-0.3, -0.25) is 4.79 Å². The predicted octanol–water partition coefficient (Wildman–Crippen LogP) is 5.47. The lowest BCUT2D eigenvalue weighted by atomic mass is 9.95. The van der Waals surface area contributed by atoms with Crippen molar-refractivity contribution in [1.82, 2.24) is 5.32 Å². The number of halogens is 3. The zero-order valence-electron chi connectivity index (χ0n) is 13.2. The first-order chi connectivity index (χ1) is 12.0. The SMILES string of the molecule is O=C(COC(=O)c1sc2cc(Cl)cc(Cl)c2c1Cl)NC1CCCCC1. The number of amides is 1. The summed E-state index contributed by atoms with van der Waals surface area (Å²) in [5.41, 5.74) is 0. The minimum atomic E-state index is -0.641. The van der Waals surface area contributed by atoms with Gasteiger partial charge in [0.15, 0.2) is 6.61 Å². The molecule has 1 saturated carbocycles. The highest BCUT2D eigenvalue weighted by Crippen LogP contribution is 2.41. The second-order valence-electron chi connectivity index (χ2n) is 5.98. The Morgan fingerprint density at radius 3 is 2.60 bits per heavy atom. The highest BCUT2D eigenvalue weighted by Gasteiger charge is 2.22. The summed E-state index contributed by atoms with van der Waals surface area (Å²) in [5.74, 6) is -0.934.